The lowest BCUT2D eigenvalue weighted by Gasteiger charge is -2.11. The van der Waals surface area contributed by atoms with Crippen LogP contribution in [0.4, 0.5) is 4.39 Å². The van der Waals surface area contributed by atoms with Gasteiger partial charge in [-0.2, -0.15) is 5.26 Å². The van der Waals surface area contributed by atoms with Crippen LogP contribution in [-0.4, -0.2) is 6.54 Å². The molecule has 4 heteroatoms. The van der Waals surface area contributed by atoms with Gasteiger partial charge < -0.3 is 0 Å². The van der Waals surface area contributed by atoms with Crippen molar-refractivity contribution in [2.75, 3.05) is 6.54 Å². The highest BCUT2D eigenvalue weighted by atomic mass is 35.5. The van der Waals surface area contributed by atoms with E-state index in [2.05, 4.69) is 11.4 Å². The molecule has 1 unspecified atom stereocenters. The first kappa shape index (κ1) is 12.0. The second kappa shape index (κ2) is 5.69. The van der Waals surface area contributed by atoms with Crippen LogP contribution >= 0.6 is 11.6 Å². The Morgan fingerprint density at radius 1 is 1.60 bits per heavy atom. The van der Waals surface area contributed by atoms with Gasteiger partial charge in [0.2, 0.25) is 0 Å². The highest BCUT2D eigenvalue weighted by molar-refractivity contribution is 6.30. The number of halogens is 2. The van der Waals surface area contributed by atoms with E-state index in [9.17, 15) is 4.39 Å². The number of nitrogens with zero attached hydrogens (tertiary/aromatic N) is 1. The van der Waals surface area contributed by atoms with Gasteiger partial charge in [-0.3, -0.25) is 5.32 Å². The van der Waals surface area contributed by atoms with Crippen molar-refractivity contribution in [3.63, 3.8) is 0 Å². The van der Waals surface area contributed by atoms with E-state index in [4.69, 9.17) is 16.9 Å². The predicted molar refractivity (Wildman–Crippen MR) is 58.1 cm³/mol. The van der Waals surface area contributed by atoms with Crippen LogP contribution in [0.3, 0.4) is 0 Å². The van der Waals surface area contributed by atoms with Gasteiger partial charge in [0, 0.05) is 0 Å². The van der Waals surface area contributed by atoms with E-state index in [0.717, 1.165) is 13.0 Å². The number of rotatable bonds is 4. The zero-order valence-corrected chi connectivity index (χ0v) is 9.18. The topological polar surface area (TPSA) is 35.8 Å². The quantitative estimate of drug-likeness (QED) is 0.857. The van der Waals surface area contributed by atoms with Gasteiger partial charge in [0.05, 0.1) is 11.1 Å². The van der Waals surface area contributed by atoms with E-state index < -0.39 is 11.9 Å². The Morgan fingerprint density at radius 3 is 2.87 bits per heavy atom. The van der Waals surface area contributed by atoms with E-state index in [0.29, 0.717) is 5.56 Å². The maximum absolute atomic E-state index is 13.1. The SMILES string of the molecule is CCCNC(C#N)c1ccc(Cl)c(F)c1. The first-order valence-corrected chi connectivity index (χ1v) is 5.14. The molecule has 0 aliphatic heterocycles. The maximum atomic E-state index is 13.1. The maximum Gasteiger partial charge on any atom is 0.142 e. The molecule has 0 saturated heterocycles. The van der Waals surface area contributed by atoms with Gasteiger partial charge in [-0.1, -0.05) is 24.6 Å². The molecule has 1 aromatic rings. The molecule has 15 heavy (non-hydrogen) atoms. The van der Waals surface area contributed by atoms with Crippen molar-refractivity contribution < 1.29 is 4.39 Å². The molecule has 1 aromatic carbocycles. The van der Waals surface area contributed by atoms with E-state index in [1.165, 1.54) is 12.1 Å². The van der Waals surface area contributed by atoms with Crippen molar-refractivity contribution in [1.82, 2.24) is 5.32 Å². The van der Waals surface area contributed by atoms with Crippen LogP contribution in [0.2, 0.25) is 5.02 Å². The van der Waals surface area contributed by atoms with E-state index in [1.54, 1.807) is 6.07 Å². The van der Waals surface area contributed by atoms with Gasteiger partial charge >= 0.3 is 0 Å². The normalized spacial score (nSPS) is 12.1. The summed E-state index contributed by atoms with van der Waals surface area (Å²) in [6.07, 6.45) is 0.925. The monoisotopic (exact) mass is 226 g/mol. The molecule has 0 fully saturated rings. The molecule has 2 nitrogen and oxygen atoms in total. The lowest BCUT2D eigenvalue weighted by Crippen LogP contribution is -2.20. The Hall–Kier alpha value is -1.11. The standard InChI is InChI=1S/C11H12ClFN2/c1-2-5-15-11(7-14)8-3-4-9(12)10(13)6-8/h3-4,6,11,15H,2,5H2,1H3. The van der Waals surface area contributed by atoms with E-state index in [-0.39, 0.29) is 5.02 Å². The van der Waals surface area contributed by atoms with Gasteiger partial charge in [0.25, 0.3) is 0 Å². The van der Waals surface area contributed by atoms with Crippen molar-refractivity contribution in [2.45, 2.75) is 19.4 Å². The van der Waals surface area contributed by atoms with Crippen molar-refractivity contribution in [3.8, 4) is 6.07 Å². The highest BCUT2D eigenvalue weighted by Gasteiger charge is 2.11. The molecule has 80 valence electrons. The van der Waals surface area contributed by atoms with Crippen LogP contribution in [0.1, 0.15) is 24.9 Å². The molecule has 0 aromatic heterocycles. The van der Waals surface area contributed by atoms with Crippen LogP contribution in [-0.2, 0) is 0 Å². The van der Waals surface area contributed by atoms with Gasteiger partial charge in [-0.15, -0.1) is 0 Å². The summed E-state index contributed by atoms with van der Waals surface area (Å²) in [6.45, 7) is 2.73. The summed E-state index contributed by atoms with van der Waals surface area (Å²) >= 11 is 5.55. The number of benzene rings is 1. The number of nitrogens with one attached hydrogen (secondary N) is 1. The molecular weight excluding hydrogens is 215 g/mol. The Labute approximate surface area is 93.7 Å². The molecule has 1 rings (SSSR count). The zero-order chi connectivity index (χ0) is 11.3. The summed E-state index contributed by atoms with van der Waals surface area (Å²) < 4.78 is 13.1. The third-order valence-electron chi connectivity index (χ3n) is 2.00. The summed E-state index contributed by atoms with van der Waals surface area (Å²) in [5.74, 6) is -0.493. The van der Waals surface area contributed by atoms with Crippen molar-refractivity contribution in [2.24, 2.45) is 0 Å². The van der Waals surface area contributed by atoms with E-state index in [1.807, 2.05) is 6.92 Å². The molecule has 0 aliphatic carbocycles. The second-order valence-corrected chi connectivity index (χ2v) is 3.60. The Balaban J connectivity index is 2.84. The fourth-order valence-electron chi connectivity index (χ4n) is 1.22. The van der Waals surface area contributed by atoms with Crippen LogP contribution in [0.5, 0.6) is 0 Å². The van der Waals surface area contributed by atoms with Crippen molar-refractivity contribution >= 4 is 11.6 Å². The largest absolute Gasteiger partial charge is 0.298 e. The number of hydrogen-bond donors (Lipinski definition) is 1. The predicted octanol–water partition coefficient (Wildman–Crippen LogP) is 3.04. The van der Waals surface area contributed by atoms with Crippen LogP contribution in [0.15, 0.2) is 18.2 Å². The summed E-state index contributed by atoms with van der Waals surface area (Å²) in [6, 6.07) is 6.01. The average Bonchev–Trinajstić information content (AvgIpc) is 2.24. The lowest BCUT2D eigenvalue weighted by molar-refractivity contribution is 0.601. The van der Waals surface area contributed by atoms with Crippen LogP contribution in [0, 0.1) is 17.1 Å². The van der Waals surface area contributed by atoms with E-state index >= 15 is 0 Å². The molecule has 1 N–H and O–H groups in total. The Kier molecular flexibility index (Phi) is 4.54. The Bertz CT molecular complexity index is 373. The fourth-order valence-corrected chi connectivity index (χ4v) is 1.34. The molecule has 0 heterocycles. The molecule has 1 atom stereocenters. The second-order valence-electron chi connectivity index (χ2n) is 3.19. The highest BCUT2D eigenvalue weighted by Crippen LogP contribution is 2.19. The minimum absolute atomic E-state index is 0.0749. The summed E-state index contributed by atoms with van der Waals surface area (Å²) in [4.78, 5) is 0. The molecule has 0 aliphatic rings. The number of hydrogen-bond acceptors (Lipinski definition) is 2. The molecule has 0 amide bonds. The minimum Gasteiger partial charge on any atom is -0.298 e. The summed E-state index contributed by atoms with van der Waals surface area (Å²) in [7, 11) is 0. The molecular formula is C11H12ClFN2. The molecule has 0 bridgehead atoms. The lowest BCUT2D eigenvalue weighted by atomic mass is 10.1. The minimum atomic E-state index is -0.493. The van der Waals surface area contributed by atoms with Gasteiger partial charge in [-0.05, 0) is 30.7 Å². The summed E-state index contributed by atoms with van der Waals surface area (Å²) in [5.41, 5.74) is 0.604. The van der Waals surface area contributed by atoms with Gasteiger partial charge in [-0.25, -0.2) is 4.39 Å². The fraction of sp³-hybridized carbons (Fsp3) is 0.364. The Morgan fingerprint density at radius 2 is 2.33 bits per heavy atom. The molecule has 0 radical (unpaired) electrons. The van der Waals surface area contributed by atoms with Crippen LogP contribution in [0.25, 0.3) is 0 Å². The first-order valence-electron chi connectivity index (χ1n) is 4.77. The van der Waals surface area contributed by atoms with Gasteiger partial charge in [0.1, 0.15) is 11.9 Å². The van der Waals surface area contributed by atoms with Crippen molar-refractivity contribution in [3.05, 3.63) is 34.6 Å². The number of nitriles is 1. The molecule has 0 saturated carbocycles. The third kappa shape index (κ3) is 3.19. The third-order valence-corrected chi connectivity index (χ3v) is 2.31. The van der Waals surface area contributed by atoms with Crippen molar-refractivity contribution in [1.29, 1.82) is 5.26 Å². The average molecular weight is 227 g/mol. The molecule has 0 spiro atoms. The van der Waals surface area contributed by atoms with Gasteiger partial charge in [0.15, 0.2) is 0 Å². The first-order chi connectivity index (χ1) is 7.19. The summed E-state index contributed by atoms with van der Waals surface area (Å²) in [5, 5.41) is 12.0. The van der Waals surface area contributed by atoms with Crippen LogP contribution < -0.4 is 5.32 Å². The zero-order valence-electron chi connectivity index (χ0n) is 8.43. The smallest absolute Gasteiger partial charge is 0.142 e.